The first-order valence-electron chi connectivity index (χ1n) is 13.0. The number of carbonyl (C=O) groups excluding carboxylic acids is 1. The van der Waals surface area contributed by atoms with E-state index in [2.05, 4.69) is 11.9 Å². The molecule has 0 aliphatic carbocycles. The number of rotatable bonds is 11. The zero-order valence-electron chi connectivity index (χ0n) is 22.8. The maximum absolute atomic E-state index is 13.8. The number of unbranched alkanes of at least 4 members (excludes halogenated alkanes) is 2. The average molecular weight is 566 g/mol. The van der Waals surface area contributed by atoms with Crippen LogP contribution in [0.5, 0.6) is 11.5 Å². The van der Waals surface area contributed by atoms with Crippen LogP contribution >= 0.6 is 11.3 Å². The van der Waals surface area contributed by atoms with Gasteiger partial charge in [0.15, 0.2) is 16.3 Å². The van der Waals surface area contributed by atoms with Gasteiger partial charge in [0, 0.05) is 12.1 Å². The normalized spacial score (nSPS) is 14.9. The molecule has 0 saturated carbocycles. The molecule has 0 saturated heterocycles. The molecule has 1 aliphatic rings. The van der Waals surface area contributed by atoms with E-state index in [1.807, 2.05) is 6.07 Å². The molecule has 0 N–H and O–H groups in total. The Bertz CT molecular complexity index is 1620. The number of non-ortho nitro benzene ring substituents is 1. The molecular formula is C29H31N3O7S. The van der Waals surface area contributed by atoms with E-state index in [0.29, 0.717) is 44.3 Å². The van der Waals surface area contributed by atoms with Gasteiger partial charge in [0.1, 0.15) is 0 Å². The van der Waals surface area contributed by atoms with Crippen molar-refractivity contribution in [3.8, 4) is 11.5 Å². The monoisotopic (exact) mass is 565 g/mol. The van der Waals surface area contributed by atoms with E-state index in [0.717, 1.165) is 19.3 Å². The number of allylic oxidation sites excluding steroid dienone is 1. The van der Waals surface area contributed by atoms with Crippen LogP contribution in [-0.2, 0) is 9.53 Å². The Morgan fingerprint density at radius 2 is 1.90 bits per heavy atom. The quantitative estimate of drug-likeness (QED) is 0.147. The predicted octanol–water partition coefficient (Wildman–Crippen LogP) is 4.28. The van der Waals surface area contributed by atoms with Gasteiger partial charge in [0.05, 0.1) is 47.1 Å². The summed E-state index contributed by atoms with van der Waals surface area (Å²) in [6.07, 6.45) is 4.71. The van der Waals surface area contributed by atoms with Gasteiger partial charge in [-0.1, -0.05) is 37.2 Å². The maximum Gasteiger partial charge on any atom is 0.338 e. The van der Waals surface area contributed by atoms with E-state index >= 15 is 0 Å². The standard InChI is InChI=1S/C29H31N3O7S/c1-5-7-8-15-39-22-14-11-20(17-23(22)37-4)26-25(28(34)38-6-2)18(3)30-29-31(26)27(33)24(40-29)16-19-9-12-21(13-10-19)32(35)36/h9-14,16-17,26H,5-8,15H2,1-4H3. The molecule has 2 heterocycles. The highest BCUT2D eigenvalue weighted by Gasteiger charge is 2.34. The second kappa shape index (κ2) is 12.7. The number of methoxy groups -OCH3 is 1. The summed E-state index contributed by atoms with van der Waals surface area (Å²) < 4.78 is 18.8. The number of nitro groups is 1. The van der Waals surface area contributed by atoms with Crippen molar-refractivity contribution in [1.82, 2.24) is 4.57 Å². The number of hydrogen-bond acceptors (Lipinski definition) is 9. The number of thiazole rings is 1. The largest absolute Gasteiger partial charge is 0.493 e. The number of hydrogen-bond donors (Lipinski definition) is 0. The number of benzene rings is 2. The van der Waals surface area contributed by atoms with Crippen molar-refractivity contribution in [2.75, 3.05) is 20.3 Å². The molecule has 4 rings (SSSR count). The fourth-order valence-corrected chi connectivity index (χ4v) is 5.50. The molecule has 1 atom stereocenters. The van der Waals surface area contributed by atoms with E-state index in [-0.39, 0.29) is 23.4 Å². The van der Waals surface area contributed by atoms with Crippen LogP contribution in [0.15, 0.2) is 63.5 Å². The van der Waals surface area contributed by atoms with Gasteiger partial charge in [-0.3, -0.25) is 19.5 Å². The Hall–Kier alpha value is -4.25. The summed E-state index contributed by atoms with van der Waals surface area (Å²) in [4.78, 5) is 42.5. The SMILES string of the molecule is CCCCCOc1ccc(C2C(C(=O)OCC)=C(C)N=c3sc(=Cc4ccc([N+](=O)[O-])cc4)c(=O)n32)cc1OC. The van der Waals surface area contributed by atoms with E-state index in [1.54, 1.807) is 51.3 Å². The van der Waals surface area contributed by atoms with Crippen LogP contribution in [0.2, 0.25) is 0 Å². The third kappa shape index (κ3) is 5.99. The Kier molecular flexibility index (Phi) is 9.15. The summed E-state index contributed by atoms with van der Waals surface area (Å²) in [6.45, 7) is 6.28. The van der Waals surface area contributed by atoms with E-state index in [4.69, 9.17) is 14.2 Å². The van der Waals surface area contributed by atoms with Gasteiger partial charge >= 0.3 is 5.97 Å². The number of nitro benzene ring substituents is 1. The molecule has 1 aliphatic heterocycles. The number of ether oxygens (including phenoxy) is 3. The fourth-order valence-electron chi connectivity index (χ4n) is 4.46. The zero-order chi connectivity index (χ0) is 28.8. The first-order valence-corrected chi connectivity index (χ1v) is 13.9. The number of esters is 1. The van der Waals surface area contributed by atoms with Gasteiger partial charge in [0.2, 0.25) is 0 Å². The van der Waals surface area contributed by atoms with Crippen LogP contribution in [0.25, 0.3) is 6.08 Å². The molecule has 2 aromatic carbocycles. The van der Waals surface area contributed by atoms with Crippen LogP contribution < -0.4 is 24.4 Å². The van der Waals surface area contributed by atoms with Crippen molar-refractivity contribution in [3.05, 3.63) is 94.7 Å². The van der Waals surface area contributed by atoms with Crippen molar-refractivity contribution < 1.29 is 23.9 Å². The number of fused-ring (bicyclic) bond motifs is 1. The first-order chi connectivity index (χ1) is 19.3. The van der Waals surface area contributed by atoms with E-state index in [9.17, 15) is 19.7 Å². The third-order valence-electron chi connectivity index (χ3n) is 6.43. The van der Waals surface area contributed by atoms with Gasteiger partial charge in [-0.05, 0) is 61.7 Å². The summed E-state index contributed by atoms with van der Waals surface area (Å²) in [6, 6.07) is 10.5. The van der Waals surface area contributed by atoms with Gasteiger partial charge in [-0.2, -0.15) is 0 Å². The molecule has 0 fully saturated rings. The van der Waals surface area contributed by atoms with Crippen molar-refractivity contribution in [2.45, 2.75) is 46.1 Å². The molecule has 10 nitrogen and oxygen atoms in total. The van der Waals surface area contributed by atoms with Crippen LogP contribution in [0.1, 0.15) is 57.2 Å². The molecular weight excluding hydrogens is 534 g/mol. The van der Waals surface area contributed by atoms with Crippen LogP contribution in [0.4, 0.5) is 5.69 Å². The topological polar surface area (TPSA) is 122 Å². The minimum absolute atomic E-state index is 0.0416. The minimum Gasteiger partial charge on any atom is -0.493 e. The van der Waals surface area contributed by atoms with Crippen molar-refractivity contribution in [3.63, 3.8) is 0 Å². The first kappa shape index (κ1) is 28.8. The molecule has 0 spiro atoms. The number of nitrogens with zero attached hydrogens (tertiary/aromatic N) is 3. The molecule has 0 amide bonds. The lowest BCUT2D eigenvalue weighted by atomic mass is 9.95. The lowest BCUT2D eigenvalue weighted by molar-refractivity contribution is -0.384. The van der Waals surface area contributed by atoms with Crippen molar-refractivity contribution in [1.29, 1.82) is 0 Å². The molecule has 210 valence electrons. The smallest absolute Gasteiger partial charge is 0.338 e. The molecule has 11 heteroatoms. The summed E-state index contributed by atoms with van der Waals surface area (Å²) in [5.74, 6) is 0.503. The van der Waals surface area contributed by atoms with Gasteiger partial charge < -0.3 is 14.2 Å². The highest BCUT2D eigenvalue weighted by molar-refractivity contribution is 7.07. The maximum atomic E-state index is 13.8. The molecule has 1 unspecified atom stereocenters. The number of aromatic nitrogens is 1. The molecule has 0 radical (unpaired) electrons. The lowest BCUT2D eigenvalue weighted by Gasteiger charge is -2.25. The molecule has 3 aromatic rings. The second-order valence-electron chi connectivity index (χ2n) is 9.12. The summed E-state index contributed by atoms with van der Waals surface area (Å²) in [5.41, 5.74) is 1.58. The second-order valence-corrected chi connectivity index (χ2v) is 10.1. The van der Waals surface area contributed by atoms with Gasteiger partial charge in [0.25, 0.3) is 11.2 Å². The Balaban J connectivity index is 1.84. The summed E-state index contributed by atoms with van der Waals surface area (Å²) >= 11 is 1.18. The summed E-state index contributed by atoms with van der Waals surface area (Å²) in [5, 5.41) is 11.0. The highest BCUT2D eigenvalue weighted by atomic mass is 32.1. The van der Waals surface area contributed by atoms with Gasteiger partial charge in [-0.15, -0.1) is 0 Å². The fraction of sp³-hybridized carbons (Fsp3) is 0.345. The summed E-state index contributed by atoms with van der Waals surface area (Å²) in [7, 11) is 1.54. The lowest BCUT2D eigenvalue weighted by Crippen LogP contribution is -2.40. The third-order valence-corrected chi connectivity index (χ3v) is 7.41. The van der Waals surface area contributed by atoms with Crippen LogP contribution in [0, 0.1) is 10.1 Å². The number of carbonyl (C=O) groups is 1. The van der Waals surface area contributed by atoms with Gasteiger partial charge in [-0.25, -0.2) is 9.79 Å². The molecule has 1 aromatic heterocycles. The minimum atomic E-state index is -0.808. The molecule has 40 heavy (non-hydrogen) atoms. The average Bonchev–Trinajstić information content (AvgIpc) is 3.24. The van der Waals surface area contributed by atoms with Crippen LogP contribution in [-0.4, -0.2) is 35.8 Å². The Morgan fingerprint density at radius 3 is 2.55 bits per heavy atom. The Labute approximate surface area is 235 Å². The molecule has 0 bridgehead atoms. The predicted molar refractivity (Wildman–Crippen MR) is 152 cm³/mol. The van der Waals surface area contributed by atoms with Crippen molar-refractivity contribution in [2.24, 2.45) is 4.99 Å². The highest BCUT2D eigenvalue weighted by Crippen LogP contribution is 2.36. The Morgan fingerprint density at radius 1 is 1.15 bits per heavy atom. The van der Waals surface area contributed by atoms with E-state index in [1.165, 1.54) is 28.0 Å². The zero-order valence-corrected chi connectivity index (χ0v) is 23.7. The van der Waals surface area contributed by atoms with Crippen LogP contribution in [0.3, 0.4) is 0 Å². The van der Waals surface area contributed by atoms with Crippen molar-refractivity contribution >= 4 is 29.1 Å². The van der Waals surface area contributed by atoms with E-state index < -0.39 is 16.9 Å².